The van der Waals surface area contributed by atoms with E-state index in [1.807, 2.05) is 86.6 Å². The fourth-order valence-electron chi connectivity index (χ4n) is 3.89. The van der Waals surface area contributed by atoms with Crippen LogP contribution < -0.4 is 5.32 Å². The average Bonchev–Trinajstić information content (AvgIpc) is 2.89. The Morgan fingerprint density at radius 1 is 0.917 bits per heavy atom. The summed E-state index contributed by atoms with van der Waals surface area (Å²) >= 11 is 7.97. The molecular formula is C30H35ClN2O2S. The predicted octanol–water partition coefficient (Wildman–Crippen LogP) is 6.52. The van der Waals surface area contributed by atoms with Gasteiger partial charge in [-0.05, 0) is 42.2 Å². The van der Waals surface area contributed by atoms with E-state index >= 15 is 0 Å². The highest BCUT2D eigenvalue weighted by Crippen LogP contribution is 2.20. The monoisotopic (exact) mass is 522 g/mol. The van der Waals surface area contributed by atoms with Crippen molar-refractivity contribution in [2.24, 2.45) is 0 Å². The van der Waals surface area contributed by atoms with E-state index in [4.69, 9.17) is 11.6 Å². The molecule has 0 fully saturated rings. The molecule has 190 valence electrons. The molecule has 4 nitrogen and oxygen atoms in total. The molecule has 36 heavy (non-hydrogen) atoms. The zero-order chi connectivity index (χ0) is 25.8. The summed E-state index contributed by atoms with van der Waals surface area (Å²) < 4.78 is 0. The lowest BCUT2D eigenvalue weighted by atomic mass is 10.0. The summed E-state index contributed by atoms with van der Waals surface area (Å²) in [6.07, 6.45) is 1.63. The standard InChI is InChI=1S/C30H35ClN2O2S/c1-3-23(2)32-30(35)28(20-24-11-6-4-7-12-24)33(21-26-15-10-16-27(31)19-26)29(34)17-18-36-22-25-13-8-5-9-14-25/h4-16,19,23,28H,3,17-18,20-22H2,1-2H3,(H,32,35)/t23-,28+/m0/s1. The lowest BCUT2D eigenvalue weighted by molar-refractivity contribution is -0.141. The molecule has 0 aliphatic carbocycles. The van der Waals surface area contributed by atoms with Crippen molar-refractivity contribution in [1.29, 1.82) is 0 Å². The van der Waals surface area contributed by atoms with Crippen LogP contribution in [0.4, 0.5) is 0 Å². The van der Waals surface area contributed by atoms with Gasteiger partial charge in [0, 0.05) is 42.0 Å². The summed E-state index contributed by atoms with van der Waals surface area (Å²) in [7, 11) is 0. The van der Waals surface area contributed by atoms with Crippen LogP contribution in [0.1, 0.15) is 43.4 Å². The van der Waals surface area contributed by atoms with Crippen molar-refractivity contribution in [3.63, 3.8) is 0 Å². The maximum Gasteiger partial charge on any atom is 0.243 e. The van der Waals surface area contributed by atoms with Gasteiger partial charge in [0.15, 0.2) is 0 Å². The topological polar surface area (TPSA) is 49.4 Å². The third kappa shape index (κ3) is 9.03. The van der Waals surface area contributed by atoms with Crippen molar-refractivity contribution in [3.8, 4) is 0 Å². The molecule has 1 N–H and O–H groups in total. The van der Waals surface area contributed by atoms with E-state index in [1.165, 1.54) is 5.56 Å². The first-order chi connectivity index (χ1) is 17.5. The number of hydrogen-bond acceptors (Lipinski definition) is 3. The van der Waals surface area contributed by atoms with Gasteiger partial charge in [0.25, 0.3) is 0 Å². The first kappa shape index (κ1) is 27.8. The number of carbonyl (C=O) groups excluding carboxylic acids is 2. The van der Waals surface area contributed by atoms with Gasteiger partial charge in [-0.15, -0.1) is 0 Å². The van der Waals surface area contributed by atoms with Crippen LogP contribution in [-0.4, -0.2) is 34.6 Å². The number of nitrogens with one attached hydrogen (secondary N) is 1. The molecule has 0 saturated carbocycles. The van der Waals surface area contributed by atoms with E-state index in [-0.39, 0.29) is 17.9 Å². The summed E-state index contributed by atoms with van der Waals surface area (Å²) in [5.41, 5.74) is 3.16. The molecule has 0 radical (unpaired) electrons. The highest BCUT2D eigenvalue weighted by Gasteiger charge is 2.30. The Hall–Kier alpha value is -2.76. The molecule has 0 unspecified atom stereocenters. The van der Waals surface area contributed by atoms with Gasteiger partial charge >= 0.3 is 0 Å². The lowest BCUT2D eigenvalue weighted by Crippen LogP contribution is -2.52. The molecule has 0 heterocycles. The molecule has 0 spiro atoms. The van der Waals surface area contributed by atoms with Gasteiger partial charge in [-0.2, -0.15) is 11.8 Å². The molecular weight excluding hydrogens is 488 g/mol. The Balaban J connectivity index is 1.80. The number of carbonyl (C=O) groups is 2. The van der Waals surface area contributed by atoms with Crippen LogP contribution in [0.2, 0.25) is 5.02 Å². The minimum Gasteiger partial charge on any atom is -0.352 e. The number of benzene rings is 3. The fraction of sp³-hybridized carbons (Fsp3) is 0.333. The predicted molar refractivity (Wildman–Crippen MR) is 151 cm³/mol. The van der Waals surface area contributed by atoms with Crippen molar-refractivity contribution in [2.45, 2.75) is 57.5 Å². The van der Waals surface area contributed by atoms with Crippen molar-refractivity contribution >= 4 is 35.2 Å². The van der Waals surface area contributed by atoms with Crippen LogP contribution in [0.3, 0.4) is 0 Å². The number of nitrogens with zero attached hydrogens (tertiary/aromatic N) is 1. The molecule has 0 aromatic heterocycles. The number of thioether (sulfide) groups is 1. The first-order valence-electron chi connectivity index (χ1n) is 12.5. The Kier molecular flexibility index (Phi) is 11.4. The summed E-state index contributed by atoms with van der Waals surface area (Å²) in [6, 6.07) is 27.0. The summed E-state index contributed by atoms with van der Waals surface area (Å²) in [4.78, 5) is 28.9. The summed E-state index contributed by atoms with van der Waals surface area (Å²) in [6.45, 7) is 4.35. The molecule has 2 amide bonds. The molecule has 0 bridgehead atoms. The van der Waals surface area contributed by atoms with Gasteiger partial charge in [0.05, 0.1) is 0 Å². The Morgan fingerprint density at radius 2 is 1.56 bits per heavy atom. The Morgan fingerprint density at radius 3 is 2.19 bits per heavy atom. The van der Waals surface area contributed by atoms with Crippen molar-refractivity contribution < 1.29 is 9.59 Å². The zero-order valence-corrected chi connectivity index (χ0v) is 22.6. The smallest absolute Gasteiger partial charge is 0.243 e. The van der Waals surface area contributed by atoms with Crippen LogP contribution >= 0.6 is 23.4 Å². The van der Waals surface area contributed by atoms with E-state index < -0.39 is 6.04 Å². The molecule has 3 rings (SSSR count). The van der Waals surface area contributed by atoms with Gasteiger partial charge in [0.1, 0.15) is 6.04 Å². The summed E-state index contributed by atoms with van der Waals surface area (Å²) in [5, 5.41) is 3.72. The Bertz CT molecular complexity index is 1090. The maximum atomic E-state index is 13.6. The molecule has 2 atom stereocenters. The molecule has 0 saturated heterocycles. The highest BCUT2D eigenvalue weighted by atomic mass is 35.5. The van der Waals surface area contributed by atoms with E-state index in [2.05, 4.69) is 17.4 Å². The fourth-order valence-corrected chi connectivity index (χ4v) is 5.00. The molecule has 3 aromatic rings. The largest absolute Gasteiger partial charge is 0.352 e. The second-order valence-electron chi connectivity index (χ2n) is 8.96. The lowest BCUT2D eigenvalue weighted by Gasteiger charge is -2.32. The Labute approximate surface area is 224 Å². The molecule has 0 aliphatic heterocycles. The van der Waals surface area contributed by atoms with Crippen LogP contribution in [-0.2, 0) is 28.3 Å². The zero-order valence-electron chi connectivity index (χ0n) is 21.0. The van der Waals surface area contributed by atoms with E-state index in [9.17, 15) is 9.59 Å². The van der Waals surface area contributed by atoms with Crippen LogP contribution in [0.5, 0.6) is 0 Å². The quantitative estimate of drug-likeness (QED) is 0.260. The van der Waals surface area contributed by atoms with Crippen LogP contribution in [0.15, 0.2) is 84.9 Å². The number of rotatable bonds is 13. The average molecular weight is 523 g/mol. The van der Waals surface area contributed by atoms with Crippen molar-refractivity contribution in [2.75, 3.05) is 5.75 Å². The van der Waals surface area contributed by atoms with E-state index in [0.717, 1.165) is 23.3 Å². The second-order valence-corrected chi connectivity index (χ2v) is 10.5. The van der Waals surface area contributed by atoms with Crippen molar-refractivity contribution in [3.05, 3.63) is 107 Å². The maximum absolute atomic E-state index is 13.6. The van der Waals surface area contributed by atoms with E-state index in [0.29, 0.717) is 30.2 Å². The van der Waals surface area contributed by atoms with Gasteiger partial charge in [-0.3, -0.25) is 9.59 Å². The highest BCUT2D eigenvalue weighted by molar-refractivity contribution is 7.98. The minimum absolute atomic E-state index is 0.0281. The van der Waals surface area contributed by atoms with Gasteiger partial charge in [-0.25, -0.2) is 0 Å². The number of hydrogen-bond donors (Lipinski definition) is 1. The first-order valence-corrected chi connectivity index (χ1v) is 14.0. The second kappa shape index (κ2) is 14.7. The molecule has 0 aliphatic rings. The summed E-state index contributed by atoms with van der Waals surface area (Å²) in [5.74, 6) is 1.38. The van der Waals surface area contributed by atoms with Gasteiger partial charge in [0.2, 0.25) is 11.8 Å². The van der Waals surface area contributed by atoms with Gasteiger partial charge in [-0.1, -0.05) is 91.3 Å². The van der Waals surface area contributed by atoms with E-state index in [1.54, 1.807) is 16.7 Å². The SMILES string of the molecule is CC[C@H](C)NC(=O)[C@@H](Cc1ccccc1)N(Cc1cccc(Cl)c1)C(=O)CCSCc1ccccc1. The number of halogens is 1. The normalized spacial score (nSPS) is 12.5. The van der Waals surface area contributed by atoms with Crippen LogP contribution in [0, 0.1) is 0 Å². The van der Waals surface area contributed by atoms with Crippen molar-refractivity contribution in [1.82, 2.24) is 10.2 Å². The molecule has 3 aromatic carbocycles. The third-order valence-electron chi connectivity index (χ3n) is 6.09. The van der Waals surface area contributed by atoms with Gasteiger partial charge < -0.3 is 10.2 Å². The molecule has 6 heteroatoms. The van der Waals surface area contributed by atoms with Crippen LogP contribution in [0.25, 0.3) is 0 Å². The number of amides is 2. The minimum atomic E-state index is -0.619. The third-order valence-corrected chi connectivity index (χ3v) is 7.35.